The van der Waals surface area contributed by atoms with Crippen LogP contribution in [0.2, 0.25) is 0 Å². The normalized spacial score (nSPS) is 28.3. The van der Waals surface area contributed by atoms with Gasteiger partial charge in [-0.1, -0.05) is 13.8 Å². The third-order valence-electron chi connectivity index (χ3n) is 2.83. The van der Waals surface area contributed by atoms with Gasteiger partial charge in [0.05, 0.1) is 6.10 Å². The highest BCUT2D eigenvalue weighted by atomic mass is 16.5. The van der Waals surface area contributed by atoms with Crippen LogP contribution in [0.25, 0.3) is 0 Å². The molecule has 0 amide bonds. The molecule has 0 spiro atoms. The van der Waals surface area contributed by atoms with E-state index >= 15 is 0 Å². The lowest BCUT2D eigenvalue weighted by atomic mass is 9.95. The van der Waals surface area contributed by atoms with Crippen molar-refractivity contribution in [1.82, 2.24) is 5.32 Å². The summed E-state index contributed by atoms with van der Waals surface area (Å²) in [7, 11) is 0. The molecular weight excluding hydrogens is 178 g/mol. The summed E-state index contributed by atoms with van der Waals surface area (Å²) in [4.78, 5) is 0. The zero-order valence-electron chi connectivity index (χ0n) is 9.33. The van der Waals surface area contributed by atoms with E-state index < -0.39 is 0 Å². The minimum absolute atomic E-state index is 0.282. The standard InChI is InChI=1S/C11H23NO2/c1-9(2)11-8-10(4-7-14-11)12-5-3-6-13/h9-13H,3-8H2,1-2H3. The van der Waals surface area contributed by atoms with Crippen molar-refractivity contribution in [3.63, 3.8) is 0 Å². The molecule has 0 aromatic heterocycles. The quantitative estimate of drug-likeness (QED) is 0.656. The average Bonchev–Trinajstić information content (AvgIpc) is 2.19. The fraction of sp³-hybridized carbons (Fsp3) is 1.00. The van der Waals surface area contributed by atoms with Crippen LogP contribution in [-0.4, -0.2) is 37.0 Å². The lowest BCUT2D eigenvalue weighted by Crippen LogP contribution is -2.41. The van der Waals surface area contributed by atoms with Gasteiger partial charge in [-0.05, 0) is 31.7 Å². The van der Waals surface area contributed by atoms with Crippen LogP contribution in [0.1, 0.15) is 33.1 Å². The predicted molar refractivity (Wildman–Crippen MR) is 57.3 cm³/mol. The number of rotatable bonds is 5. The molecule has 3 nitrogen and oxygen atoms in total. The molecule has 1 heterocycles. The maximum Gasteiger partial charge on any atom is 0.0612 e. The molecule has 0 aromatic carbocycles. The minimum Gasteiger partial charge on any atom is -0.396 e. The van der Waals surface area contributed by atoms with Crippen molar-refractivity contribution in [2.24, 2.45) is 5.92 Å². The number of ether oxygens (including phenoxy) is 1. The Morgan fingerprint density at radius 2 is 2.29 bits per heavy atom. The Balaban J connectivity index is 2.19. The Labute approximate surface area is 86.8 Å². The smallest absolute Gasteiger partial charge is 0.0612 e. The molecule has 0 radical (unpaired) electrons. The van der Waals surface area contributed by atoms with Gasteiger partial charge >= 0.3 is 0 Å². The predicted octanol–water partition coefficient (Wildman–Crippen LogP) is 1.16. The van der Waals surface area contributed by atoms with E-state index in [1.54, 1.807) is 0 Å². The van der Waals surface area contributed by atoms with E-state index in [9.17, 15) is 0 Å². The molecule has 2 unspecified atom stereocenters. The fourth-order valence-corrected chi connectivity index (χ4v) is 1.86. The molecule has 3 heteroatoms. The highest BCUT2D eigenvalue weighted by molar-refractivity contribution is 4.78. The van der Waals surface area contributed by atoms with Crippen LogP contribution >= 0.6 is 0 Å². The zero-order chi connectivity index (χ0) is 10.4. The topological polar surface area (TPSA) is 41.5 Å². The van der Waals surface area contributed by atoms with Crippen molar-refractivity contribution in [3.05, 3.63) is 0 Å². The third kappa shape index (κ3) is 3.95. The van der Waals surface area contributed by atoms with Gasteiger partial charge in [-0.15, -0.1) is 0 Å². The number of nitrogens with one attached hydrogen (secondary N) is 1. The largest absolute Gasteiger partial charge is 0.396 e. The Morgan fingerprint density at radius 1 is 1.50 bits per heavy atom. The molecular formula is C11H23NO2. The number of hydrogen-bond donors (Lipinski definition) is 2. The summed E-state index contributed by atoms with van der Waals surface area (Å²) in [6, 6.07) is 0.586. The lowest BCUT2D eigenvalue weighted by molar-refractivity contribution is -0.0243. The van der Waals surface area contributed by atoms with E-state index in [1.807, 2.05) is 0 Å². The molecule has 14 heavy (non-hydrogen) atoms. The van der Waals surface area contributed by atoms with Crippen molar-refractivity contribution in [2.75, 3.05) is 19.8 Å². The number of aliphatic hydroxyl groups excluding tert-OH is 1. The minimum atomic E-state index is 0.282. The average molecular weight is 201 g/mol. The van der Waals surface area contributed by atoms with Crippen LogP contribution in [-0.2, 0) is 4.74 Å². The molecule has 0 aliphatic carbocycles. The first-order chi connectivity index (χ1) is 6.74. The summed E-state index contributed by atoms with van der Waals surface area (Å²) in [6.07, 6.45) is 3.48. The number of aliphatic hydroxyl groups is 1. The molecule has 84 valence electrons. The van der Waals surface area contributed by atoms with E-state index in [0.29, 0.717) is 18.1 Å². The Kier molecular flexibility index (Phi) is 5.45. The summed E-state index contributed by atoms with van der Waals surface area (Å²) in [5.41, 5.74) is 0. The van der Waals surface area contributed by atoms with Crippen LogP contribution in [0.4, 0.5) is 0 Å². The van der Waals surface area contributed by atoms with Crippen LogP contribution in [0.5, 0.6) is 0 Å². The summed E-state index contributed by atoms with van der Waals surface area (Å²) in [5.74, 6) is 0.609. The molecule has 0 saturated carbocycles. The molecule has 2 atom stereocenters. The van der Waals surface area contributed by atoms with E-state index in [2.05, 4.69) is 19.2 Å². The van der Waals surface area contributed by atoms with Gasteiger partial charge in [0.1, 0.15) is 0 Å². The van der Waals surface area contributed by atoms with E-state index in [-0.39, 0.29) is 6.61 Å². The van der Waals surface area contributed by atoms with Crippen LogP contribution < -0.4 is 5.32 Å². The molecule has 1 rings (SSSR count). The van der Waals surface area contributed by atoms with Gasteiger partial charge in [0.15, 0.2) is 0 Å². The first kappa shape index (κ1) is 12.0. The van der Waals surface area contributed by atoms with Crippen molar-refractivity contribution in [2.45, 2.75) is 45.3 Å². The van der Waals surface area contributed by atoms with Gasteiger partial charge in [-0.3, -0.25) is 0 Å². The molecule has 1 aliphatic rings. The molecule has 1 aliphatic heterocycles. The highest BCUT2D eigenvalue weighted by Crippen LogP contribution is 2.19. The van der Waals surface area contributed by atoms with Crippen LogP contribution in [0.3, 0.4) is 0 Å². The molecule has 1 fully saturated rings. The first-order valence-corrected chi connectivity index (χ1v) is 5.70. The maximum atomic E-state index is 8.67. The second kappa shape index (κ2) is 6.38. The van der Waals surface area contributed by atoms with Gasteiger partial charge in [0, 0.05) is 19.3 Å². The van der Waals surface area contributed by atoms with Gasteiger partial charge in [-0.25, -0.2) is 0 Å². The van der Waals surface area contributed by atoms with E-state index in [0.717, 1.165) is 32.4 Å². The monoisotopic (exact) mass is 201 g/mol. The number of hydrogen-bond acceptors (Lipinski definition) is 3. The second-order valence-electron chi connectivity index (χ2n) is 4.41. The Bertz CT molecular complexity index is 150. The highest BCUT2D eigenvalue weighted by Gasteiger charge is 2.23. The molecule has 2 N–H and O–H groups in total. The maximum absolute atomic E-state index is 8.67. The SMILES string of the molecule is CC(C)C1CC(NCCCO)CCO1. The van der Waals surface area contributed by atoms with Crippen LogP contribution in [0, 0.1) is 5.92 Å². The Hall–Kier alpha value is -0.120. The zero-order valence-corrected chi connectivity index (χ0v) is 9.33. The summed E-state index contributed by atoms with van der Waals surface area (Å²) >= 11 is 0. The van der Waals surface area contributed by atoms with Crippen LogP contribution in [0.15, 0.2) is 0 Å². The van der Waals surface area contributed by atoms with Crippen molar-refractivity contribution in [3.8, 4) is 0 Å². The summed E-state index contributed by atoms with van der Waals surface area (Å²) in [6.45, 7) is 6.50. The fourth-order valence-electron chi connectivity index (χ4n) is 1.86. The molecule has 0 aromatic rings. The van der Waals surface area contributed by atoms with Crippen molar-refractivity contribution < 1.29 is 9.84 Å². The van der Waals surface area contributed by atoms with E-state index in [1.165, 1.54) is 0 Å². The summed E-state index contributed by atoms with van der Waals surface area (Å²) < 4.78 is 5.69. The molecule has 1 saturated heterocycles. The lowest BCUT2D eigenvalue weighted by Gasteiger charge is -2.32. The van der Waals surface area contributed by atoms with Crippen molar-refractivity contribution in [1.29, 1.82) is 0 Å². The second-order valence-corrected chi connectivity index (χ2v) is 4.41. The first-order valence-electron chi connectivity index (χ1n) is 5.70. The van der Waals surface area contributed by atoms with Gasteiger partial charge in [0.2, 0.25) is 0 Å². The Morgan fingerprint density at radius 3 is 2.93 bits per heavy atom. The molecule has 0 bridgehead atoms. The van der Waals surface area contributed by atoms with E-state index in [4.69, 9.17) is 9.84 Å². The van der Waals surface area contributed by atoms with Gasteiger partial charge in [0.25, 0.3) is 0 Å². The van der Waals surface area contributed by atoms with Gasteiger partial charge < -0.3 is 15.2 Å². The van der Waals surface area contributed by atoms with Gasteiger partial charge in [-0.2, -0.15) is 0 Å². The van der Waals surface area contributed by atoms with Crippen molar-refractivity contribution >= 4 is 0 Å². The summed E-state index contributed by atoms with van der Waals surface area (Å²) in [5, 5.41) is 12.1. The third-order valence-corrected chi connectivity index (χ3v) is 2.83.